The summed E-state index contributed by atoms with van der Waals surface area (Å²) in [4.78, 5) is 16.4. The summed E-state index contributed by atoms with van der Waals surface area (Å²) in [6.07, 6.45) is 1.68. The first-order valence-corrected chi connectivity index (χ1v) is 7.26. The van der Waals surface area contributed by atoms with E-state index in [-0.39, 0.29) is 0 Å². The van der Waals surface area contributed by atoms with Gasteiger partial charge in [-0.05, 0) is 24.3 Å². The van der Waals surface area contributed by atoms with Crippen molar-refractivity contribution in [2.75, 3.05) is 10.6 Å². The molecule has 0 atom stereocenters. The average molecular weight is 332 g/mol. The summed E-state index contributed by atoms with van der Waals surface area (Å²) < 4.78 is 0. The van der Waals surface area contributed by atoms with Crippen LogP contribution in [0.15, 0.2) is 54.7 Å². The van der Waals surface area contributed by atoms with Gasteiger partial charge in [0.2, 0.25) is 0 Å². The molecule has 1 aromatic heterocycles. The Labute approximate surface area is 137 Å². The third-order valence-corrected chi connectivity index (χ3v) is 3.90. The lowest BCUT2D eigenvalue weighted by molar-refractivity contribution is 0.262. The maximum atomic E-state index is 12.1. The molecular formula is C16H11Cl2N3O. The monoisotopic (exact) mass is 331 g/mol. The van der Waals surface area contributed by atoms with Crippen LogP contribution in [-0.4, -0.2) is 11.0 Å². The normalized spacial score (nSPS) is 10.5. The van der Waals surface area contributed by atoms with E-state index in [0.717, 1.165) is 10.9 Å². The maximum absolute atomic E-state index is 12.1. The number of benzene rings is 2. The Morgan fingerprint density at radius 3 is 2.45 bits per heavy atom. The fourth-order valence-electron chi connectivity index (χ4n) is 2.08. The van der Waals surface area contributed by atoms with E-state index in [4.69, 9.17) is 23.2 Å². The van der Waals surface area contributed by atoms with E-state index >= 15 is 0 Å². The van der Waals surface area contributed by atoms with Crippen molar-refractivity contribution >= 4 is 51.5 Å². The molecule has 1 heterocycles. The van der Waals surface area contributed by atoms with Crippen molar-refractivity contribution in [3.05, 3.63) is 64.8 Å². The summed E-state index contributed by atoms with van der Waals surface area (Å²) in [5.41, 5.74) is 1.78. The molecule has 3 aromatic rings. The molecule has 0 unspecified atom stereocenters. The number of halogens is 2. The number of hydrogen-bond donors (Lipinski definition) is 2. The average Bonchev–Trinajstić information content (AvgIpc) is 2.52. The SMILES string of the molecule is O=C(Nc1cccc(Cl)c1Cl)Nc1cccc2cccnc12. The summed E-state index contributed by atoms with van der Waals surface area (Å²) in [5.74, 6) is 0. The summed E-state index contributed by atoms with van der Waals surface area (Å²) >= 11 is 12.0. The van der Waals surface area contributed by atoms with Crippen molar-refractivity contribution in [3.63, 3.8) is 0 Å². The predicted molar refractivity (Wildman–Crippen MR) is 90.8 cm³/mol. The number of amides is 2. The van der Waals surface area contributed by atoms with Crippen LogP contribution >= 0.6 is 23.2 Å². The minimum absolute atomic E-state index is 0.301. The highest BCUT2D eigenvalue weighted by Gasteiger charge is 2.10. The van der Waals surface area contributed by atoms with Crippen molar-refractivity contribution < 1.29 is 4.79 Å². The standard InChI is InChI=1S/C16H11Cl2N3O/c17-11-6-2-7-12(14(11)18)20-16(22)21-13-8-1-4-10-5-3-9-19-15(10)13/h1-9H,(H2,20,21,22). The number of nitrogens with zero attached hydrogens (tertiary/aromatic N) is 1. The minimum atomic E-state index is -0.415. The van der Waals surface area contributed by atoms with Crippen LogP contribution in [0.3, 0.4) is 0 Å². The van der Waals surface area contributed by atoms with E-state index in [1.165, 1.54) is 0 Å². The van der Waals surface area contributed by atoms with Gasteiger partial charge in [-0.3, -0.25) is 4.98 Å². The zero-order valence-corrected chi connectivity index (χ0v) is 12.8. The van der Waals surface area contributed by atoms with Gasteiger partial charge >= 0.3 is 6.03 Å². The van der Waals surface area contributed by atoms with Crippen LogP contribution in [0.25, 0.3) is 10.9 Å². The van der Waals surface area contributed by atoms with E-state index in [2.05, 4.69) is 15.6 Å². The first-order valence-electron chi connectivity index (χ1n) is 6.51. The van der Waals surface area contributed by atoms with Gasteiger partial charge in [-0.1, -0.05) is 47.5 Å². The Bertz CT molecular complexity index is 846. The molecule has 0 aliphatic carbocycles. The number of aromatic nitrogens is 1. The molecular weight excluding hydrogens is 321 g/mol. The Kier molecular flexibility index (Phi) is 4.13. The van der Waals surface area contributed by atoms with Crippen LogP contribution in [-0.2, 0) is 0 Å². The molecule has 6 heteroatoms. The number of pyridine rings is 1. The number of anilines is 2. The van der Waals surface area contributed by atoms with Crippen LogP contribution in [0.4, 0.5) is 16.2 Å². The largest absolute Gasteiger partial charge is 0.323 e. The molecule has 0 saturated carbocycles. The van der Waals surface area contributed by atoms with Gasteiger partial charge in [-0.25, -0.2) is 4.79 Å². The highest BCUT2D eigenvalue weighted by molar-refractivity contribution is 6.44. The number of carbonyl (C=O) groups is 1. The van der Waals surface area contributed by atoms with Gasteiger partial charge in [-0.2, -0.15) is 0 Å². The van der Waals surface area contributed by atoms with Gasteiger partial charge in [0.05, 0.1) is 26.9 Å². The Morgan fingerprint density at radius 1 is 0.909 bits per heavy atom. The molecule has 0 spiro atoms. The Hall–Kier alpha value is -2.30. The molecule has 2 N–H and O–H groups in total. The highest BCUT2D eigenvalue weighted by Crippen LogP contribution is 2.29. The minimum Gasteiger partial charge on any atom is -0.306 e. The lowest BCUT2D eigenvalue weighted by atomic mass is 10.2. The molecule has 0 aliphatic heterocycles. The van der Waals surface area contributed by atoms with Crippen molar-refractivity contribution in [3.8, 4) is 0 Å². The fraction of sp³-hybridized carbons (Fsp3) is 0. The Morgan fingerprint density at radius 2 is 1.59 bits per heavy atom. The fourth-order valence-corrected chi connectivity index (χ4v) is 2.43. The van der Waals surface area contributed by atoms with Crippen molar-refractivity contribution in [1.82, 2.24) is 4.98 Å². The molecule has 110 valence electrons. The van der Waals surface area contributed by atoms with Crippen LogP contribution in [0.1, 0.15) is 0 Å². The Balaban J connectivity index is 1.83. The summed E-state index contributed by atoms with van der Waals surface area (Å²) in [6, 6.07) is 14.0. The van der Waals surface area contributed by atoms with Crippen LogP contribution in [0.2, 0.25) is 10.0 Å². The first-order chi connectivity index (χ1) is 10.6. The topological polar surface area (TPSA) is 54.0 Å². The van der Waals surface area contributed by atoms with Crippen LogP contribution < -0.4 is 10.6 Å². The molecule has 0 saturated heterocycles. The van der Waals surface area contributed by atoms with Gasteiger partial charge in [0.1, 0.15) is 0 Å². The van der Waals surface area contributed by atoms with E-state index in [0.29, 0.717) is 21.4 Å². The lowest BCUT2D eigenvalue weighted by Gasteiger charge is -2.11. The maximum Gasteiger partial charge on any atom is 0.323 e. The first kappa shape index (κ1) is 14.6. The summed E-state index contributed by atoms with van der Waals surface area (Å²) in [7, 11) is 0. The van der Waals surface area contributed by atoms with Crippen molar-refractivity contribution in [2.45, 2.75) is 0 Å². The van der Waals surface area contributed by atoms with E-state index < -0.39 is 6.03 Å². The molecule has 2 amide bonds. The zero-order chi connectivity index (χ0) is 15.5. The number of nitrogens with one attached hydrogen (secondary N) is 2. The van der Waals surface area contributed by atoms with Gasteiger partial charge in [0, 0.05) is 11.6 Å². The van der Waals surface area contributed by atoms with E-state index in [9.17, 15) is 4.79 Å². The zero-order valence-electron chi connectivity index (χ0n) is 11.3. The molecule has 0 fully saturated rings. The second-order valence-electron chi connectivity index (χ2n) is 4.56. The van der Waals surface area contributed by atoms with E-state index in [1.54, 1.807) is 30.5 Å². The molecule has 22 heavy (non-hydrogen) atoms. The highest BCUT2D eigenvalue weighted by atomic mass is 35.5. The number of carbonyl (C=O) groups excluding carboxylic acids is 1. The molecule has 0 radical (unpaired) electrons. The van der Waals surface area contributed by atoms with Crippen LogP contribution in [0, 0.1) is 0 Å². The van der Waals surface area contributed by atoms with Gasteiger partial charge in [-0.15, -0.1) is 0 Å². The lowest BCUT2D eigenvalue weighted by Crippen LogP contribution is -2.19. The second-order valence-corrected chi connectivity index (χ2v) is 5.35. The third-order valence-electron chi connectivity index (χ3n) is 3.08. The van der Waals surface area contributed by atoms with Gasteiger partial charge in [0.15, 0.2) is 0 Å². The number of rotatable bonds is 2. The van der Waals surface area contributed by atoms with Crippen molar-refractivity contribution in [2.24, 2.45) is 0 Å². The molecule has 2 aromatic carbocycles. The molecule has 0 aliphatic rings. The molecule has 4 nitrogen and oxygen atoms in total. The number of para-hydroxylation sites is 1. The molecule has 0 bridgehead atoms. The smallest absolute Gasteiger partial charge is 0.306 e. The third kappa shape index (κ3) is 2.98. The van der Waals surface area contributed by atoms with Crippen LogP contribution in [0.5, 0.6) is 0 Å². The van der Waals surface area contributed by atoms with E-state index in [1.807, 2.05) is 24.3 Å². The summed E-state index contributed by atoms with van der Waals surface area (Å²) in [5, 5.41) is 7.06. The molecule has 3 rings (SSSR count). The second kappa shape index (κ2) is 6.22. The summed E-state index contributed by atoms with van der Waals surface area (Å²) in [6.45, 7) is 0. The number of urea groups is 1. The van der Waals surface area contributed by atoms with Gasteiger partial charge in [0.25, 0.3) is 0 Å². The number of hydrogen-bond acceptors (Lipinski definition) is 2. The van der Waals surface area contributed by atoms with Crippen molar-refractivity contribution in [1.29, 1.82) is 0 Å². The predicted octanol–water partition coefficient (Wildman–Crippen LogP) is 5.19. The van der Waals surface area contributed by atoms with Gasteiger partial charge < -0.3 is 10.6 Å². The number of fused-ring (bicyclic) bond motifs is 1. The quantitative estimate of drug-likeness (QED) is 0.679.